The lowest BCUT2D eigenvalue weighted by Crippen LogP contribution is -2.47. The van der Waals surface area contributed by atoms with Crippen molar-refractivity contribution in [1.29, 1.82) is 0 Å². The van der Waals surface area contributed by atoms with Crippen LogP contribution in [0.4, 0.5) is 0 Å². The Balaban J connectivity index is 1.30. The molecule has 2 aliphatic rings. The summed E-state index contributed by atoms with van der Waals surface area (Å²) < 4.78 is 1.93. The summed E-state index contributed by atoms with van der Waals surface area (Å²) in [7, 11) is 0. The van der Waals surface area contributed by atoms with Crippen molar-refractivity contribution < 1.29 is 4.79 Å². The van der Waals surface area contributed by atoms with Crippen molar-refractivity contribution in [3.8, 4) is 0 Å². The van der Waals surface area contributed by atoms with Crippen LogP contribution in [0.3, 0.4) is 0 Å². The normalized spacial score (nSPS) is 22.5. The molecule has 1 aromatic heterocycles. The maximum atomic E-state index is 13.0. The zero-order valence-corrected chi connectivity index (χ0v) is 15.2. The molecule has 2 saturated heterocycles. The van der Waals surface area contributed by atoms with Crippen LogP contribution in [0.2, 0.25) is 0 Å². The lowest BCUT2D eigenvalue weighted by molar-refractivity contribution is -0.138. The highest BCUT2D eigenvalue weighted by Gasteiger charge is 2.31. The first-order valence-electron chi connectivity index (χ1n) is 9.69. The van der Waals surface area contributed by atoms with Gasteiger partial charge in [-0.1, -0.05) is 30.3 Å². The largest absolute Gasteiger partial charge is 0.342 e. The van der Waals surface area contributed by atoms with Gasteiger partial charge in [-0.05, 0) is 37.8 Å². The van der Waals surface area contributed by atoms with Gasteiger partial charge in [0.2, 0.25) is 5.91 Å². The second-order valence-corrected chi connectivity index (χ2v) is 7.49. The van der Waals surface area contributed by atoms with Gasteiger partial charge in [-0.25, -0.2) is 9.67 Å². The summed E-state index contributed by atoms with van der Waals surface area (Å²) in [5.74, 6) is 0.496. The topological polar surface area (TPSA) is 54.3 Å². The Bertz CT molecular complexity index is 694. The van der Waals surface area contributed by atoms with Gasteiger partial charge < -0.3 is 4.90 Å². The third kappa shape index (κ3) is 3.96. The van der Waals surface area contributed by atoms with Crippen LogP contribution in [0.25, 0.3) is 0 Å². The summed E-state index contributed by atoms with van der Waals surface area (Å²) in [5.41, 5.74) is 1.33. The number of hydrogen-bond acceptors (Lipinski definition) is 4. The van der Waals surface area contributed by atoms with E-state index in [2.05, 4.69) is 50.2 Å². The van der Waals surface area contributed by atoms with Gasteiger partial charge in [-0.2, -0.15) is 5.10 Å². The second-order valence-electron chi connectivity index (χ2n) is 7.49. The van der Waals surface area contributed by atoms with Crippen LogP contribution in [-0.2, 0) is 11.3 Å². The van der Waals surface area contributed by atoms with E-state index in [1.165, 1.54) is 5.56 Å². The van der Waals surface area contributed by atoms with Gasteiger partial charge in [0.1, 0.15) is 12.7 Å². The molecule has 2 fully saturated rings. The second kappa shape index (κ2) is 7.99. The van der Waals surface area contributed by atoms with Gasteiger partial charge in [0, 0.05) is 26.2 Å². The number of rotatable bonds is 4. The minimum Gasteiger partial charge on any atom is -0.342 e. The molecule has 0 spiro atoms. The van der Waals surface area contributed by atoms with E-state index in [1.54, 1.807) is 12.7 Å². The fraction of sp³-hybridized carbons (Fsp3) is 0.550. The minimum absolute atomic E-state index is 0.149. The number of nitrogens with zero attached hydrogens (tertiary/aromatic N) is 5. The average molecular weight is 353 g/mol. The summed E-state index contributed by atoms with van der Waals surface area (Å²) in [6.45, 7) is 4.58. The van der Waals surface area contributed by atoms with Crippen molar-refractivity contribution >= 4 is 5.91 Å². The molecule has 26 heavy (non-hydrogen) atoms. The number of carbonyl (C=O) groups is 1. The summed E-state index contributed by atoms with van der Waals surface area (Å²) in [5, 5.41) is 4.24. The summed E-state index contributed by atoms with van der Waals surface area (Å²) in [4.78, 5) is 21.5. The van der Waals surface area contributed by atoms with E-state index >= 15 is 0 Å². The Kier molecular flexibility index (Phi) is 5.29. The molecular weight excluding hydrogens is 326 g/mol. The Labute approximate surface area is 154 Å². The molecule has 0 saturated carbocycles. The van der Waals surface area contributed by atoms with Gasteiger partial charge >= 0.3 is 0 Å². The quantitative estimate of drug-likeness (QED) is 0.847. The molecule has 4 rings (SSSR count). The van der Waals surface area contributed by atoms with Crippen LogP contribution in [0.1, 0.15) is 37.3 Å². The maximum absolute atomic E-state index is 13.0. The molecule has 0 bridgehead atoms. The van der Waals surface area contributed by atoms with E-state index in [1.807, 2.05) is 4.68 Å². The fourth-order valence-electron chi connectivity index (χ4n) is 4.26. The number of piperidine rings is 2. The molecule has 138 valence electrons. The predicted octanol–water partition coefficient (Wildman–Crippen LogP) is 2.35. The van der Waals surface area contributed by atoms with Gasteiger partial charge in [0.15, 0.2) is 0 Å². The zero-order valence-electron chi connectivity index (χ0n) is 15.2. The first kappa shape index (κ1) is 17.2. The first-order valence-corrected chi connectivity index (χ1v) is 9.69. The zero-order chi connectivity index (χ0) is 17.8. The molecule has 3 heterocycles. The number of hydrogen-bond donors (Lipinski definition) is 0. The highest BCUT2D eigenvalue weighted by Crippen LogP contribution is 2.25. The monoisotopic (exact) mass is 353 g/mol. The molecule has 1 amide bonds. The number of likely N-dealkylation sites (tertiary alicyclic amines) is 2. The third-order valence-electron chi connectivity index (χ3n) is 5.69. The molecular formula is C20H27N5O. The highest BCUT2D eigenvalue weighted by molar-refractivity contribution is 5.79. The number of aromatic nitrogens is 3. The van der Waals surface area contributed by atoms with E-state index in [4.69, 9.17) is 0 Å². The lowest BCUT2D eigenvalue weighted by atomic mass is 9.94. The highest BCUT2D eigenvalue weighted by atomic mass is 16.2. The van der Waals surface area contributed by atoms with Gasteiger partial charge in [0.05, 0.1) is 12.0 Å². The third-order valence-corrected chi connectivity index (χ3v) is 5.69. The molecule has 1 atom stereocenters. The van der Waals surface area contributed by atoms with E-state index < -0.39 is 0 Å². The van der Waals surface area contributed by atoms with Crippen molar-refractivity contribution in [3.63, 3.8) is 0 Å². The van der Waals surface area contributed by atoms with Crippen LogP contribution in [-0.4, -0.2) is 56.7 Å². The molecule has 0 aliphatic carbocycles. The van der Waals surface area contributed by atoms with Crippen molar-refractivity contribution in [3.05, 3.63) is 48.5 Å². The molecule has 6 nitrogen and oxygen atoms in total. The Morgan fingerprint density at radius 2 is 1.88 bits per heavy atom. The number of amides is 1. The minimum atomic E-state index is 0.149. The molecule has 1 unspecified atom stereocenters. The Hall–Kier alpha value is -2.21. The van der Waals surface area contributed by atoms with Crippen LogP contribution in [0.15, 0.2) is 43.0 Å². The number of benzene rings is 1. The van der Waals surface area contributed by atoms with Crippen molar-refractivity contribution in [1.82, 2.24) is 24.6 Å². The van der Waals surface area contributed by atoms with Crippen molar-refractivity contribution in [2.45, 2.75) is 38.3 Å². The summed E-state index contributed by atoms with van der Waals surface area (Å²) in [6, 6.07) is 10.9. The SMILES string of the molecule is O=C(C1CCCN(Cc2ccccc2)C1)N1CCC(n2cncn2)CC1. The fourth-order valence-corrected chi connectivity index (χ4v) is 4.26. The smallest absolute Gasteiger partial charge is 0.226 e. The van der Waals surface area contributed by atoms with Gasteiger partial charge in [0.25, 0.3) is 0 Å². The van der Waals surface area contributed by atoms with Gasteiger partial charge in [-0.15, -0.1) is 0 Å². The Morgan fingerprint density at radius 3 is 2.62 bits per heavy atom. The molecule has 0 radical (unpaired) electrons. The summed E-state index contributed by atoms with van der Waals surface area (Å²) in [6.07, 6.45) is 7.43. The first-order chi connectivity index (χ1) is 12.8. The van der Waals surface area contributed by atoms with Crippen molar-refractivity contribution in [2.24, 2.45) is 5.92 Å². The van der Waals surface area contributed by atoms with E-state index in [-0.39, 0.29) is 5.92 Å². The van der Waals surface area contributed by atoms with E-state index in [0.717, 1.165) is 58.4 Å². The molecule has 2 aromatic rings. The van der Waals surface area contributed by atoms with Crippen LogP contribution >= 0.6 is 0 Å². The molecule has 6 heteroatoms. The van der Waals surface area contributed by atoms with Crippen molar-refractivity contribution in [2.75, 3.05) is 26.2 Å². The summed E-state index contributed by atoms with van der Waals surface area (Å²) >= 11 is 0. The van der Waals surface area contributed by atoms with Gasteiger partial charge in [-0.3, -0.25) is 9.69 Å². The average Bonchev–Trinajstić information content (AvgIpc) is 3.23. The standard InChI is InChI=1S/C20H27N5O/c26-20(24-11-8-19(9-12-24)25-16-21-15-22-25)18-7-4-10-23(14-18)13-17-5-2-1-3-6-17/h1-3,5-6,15-16,18-19H,4,7-14H2. The predicted molar refractivity (Wildman–Crippen MR) is 99.3 cm³/mol. The van der Waals surface area contributed by atoms with E-state index in [9.17, 15) is 4.79 Å². The lowest BCUT2D eigenvalue weighted by Gasteiger charge is -2.37. The number of carbonyl (C=O) groups excluding carboxylic acids is 1. The molecule has 2 aliphatic heterocycles. The van der Waals surface area contributed by atoms with Crippen LogP contribution in [0.5, 0.6) is 0 Å². The van der Waals surface area contributed by atoms with Crippen LogP contribution in [0, 0.1) is 5.92 Å². The van der Waals surface area contributed by atoms with Crippen LogP contribution < -0.4 is 0 Å². The maximum Gasteiger partial charge on any atom is 0.226 e. The van der Waals surface area contributed by atoms with E-state index in [0.29, 0.717) is 11.9 Å². The molecule has 1 aromatic carbocycles. The molecule has 0 N–H and O–H groups in total. The Morgan fingerprint density at radius 1 is 1.08 bits per heavy atom.